The highest BCUT2D eigenvalue weighted by molar-refractivity contribution is 5.84. The van der Waals surface area contributed by atoms with Gasteiger partial charge in [-0.1, -0.05) is 18.2 Å². The average molecular weight is 267 g/mol. The van der Waals surface area contributed by atoms with Gasteiger partial charge in [0.05, 0.1) is 10.3 Å². The van der Waals surface area contributed by atoms with Crippen LogP contribution >= 0.6 is 0 Å². The van der Waals surface area contributed by atoms with Crippen molar-refractivity contribution in [3.05, 3.63) is 75.1 Å². The fraction of sp³-hybridized carbons (Fsp3) is 0. The molecular weight excluding hydrogens is 258 g/mol. The summed E-state index contributed by atoms with van der Waals surface area (Å²) in [6.07, 6.45) is 0. The first kappa shape index (κ1) is 12.1. The summed E-state index contributed by atoms with van der Waals surface area (Å²) in [6.45, 7) is 0. The molecule has 0 spiro atoms. The van der Waals surface area contributed by atoms with Gasteiger partial charge in [-0.05, 0) is 29.7 Å². The third-order valence-corrected chi connectivity index (χ3v) is 3.03. The Morgan fingerprint density at radius 2 is 1.70 bits per heavy atom. The van der Waals surface area contributed by atoms with Crippen LogP contribution in [-0.4, -0.2) is 4.92 Å². The Bertz CT molecular complexity index is 850. The summed E-state index contributed by atoms with van der Waals surface area (Å²) in [4.78, 5) is 22.0. The lowest BCUT2D eigenvalue weighted by Gasteiger charge is -2.02. The number of non-ortho nitro benzene ring substituents is 1. The first-order valence-electron chi connectivity index (χ1n) is 5.93. The van der Waals surface area contributed by atoms with Gasteiger partial charge in [0.25, 0.3) is 5.69 Å². The van der Waals surface area contributed by atoms with Gasteiger partial charge in [0, 0.05) is 17.7 Å². The zero-order valence-electron chi connectivity index (χ0n) is 10.3. The third kappa shape index (κ3) is 2.05. The van der Waals surface area contributed by atoms with Crippen LogP contribution in [-0.2, 0) is 0 Å². The summed E-state index contributed by atoms with van der Waals surface area (Å²) in [5.41, 5.74) is 0.201. The SMILES string of the molecule is O=c1oc(-c2ccc([N+](=O)[O-])cc2)cc2ccccc12. The molecule has 98 valence electrons. The average Bonchev–Trinajstić information content (AvgIpc) is 2.47. The van der Waals surface area contributed by atoms with Gasteiger partial charge in [-0.15, -0.1) is 0 Å². The number of fused-ring (bicyclic) bond motifs is 1. The minimum absolute atomic E-state index is 0.00288. The van der Waals surface area contributed by atoms with Crippen molar-refractivity contribution < 1.29 is 9.34 Å². The van der Waals surface area contributed by atoms with Crippen LogP contribution in [0, 0.1) is 10.1 Å². The van der Waals surface area contributed by atoms with E-state index in [1.165, 1.54) is 12.1 Å². The van der Waals surface area contributed by atoms with Crippen LogP contribution in [0.4, 0.5) is 5.69 Å². The van der Waals surface area contributed by atoms with Crippen molar-refractivity contribution in [2.75, 3.05) is 0 Å². The molecule has 20 heavy (non-hydrogen) atoms. The second kappa shape index (κ2) is 4.62. The van der Waals surface area contributed by atoms with Gasteiger partial charge < -0.3 is 4.42 Å². The Morgan fingerprint density at radius 1 is 1.00 bits per heavy atom. The molecule has 0 aliphatic heterocycles. The zero-order valence-corrected chi connectivity index (χ0v) is 10.3. The largest absolute Gasteiger partial charge is 0.422 e. The van der Waals surface area contributed by atoms with Crippen molar-refractivity contribution in [3.8, 4) is 11.3 Å². The molecule has 0 amide bonds. The molecule has 0 bridgehead atoms. The van der Waals surface area contributed by atoms with Crippen LogP contribution in [0.2, 0.25) is 0 Å². The minimum Gasteiger partial charge on any atom is -0.422 e. The lowest BCUT2D eigenvalue weighted by atomic mass is 10.1. The number of nitrogens with zero attached hydrogens (tertiary/aromatic N) is 1. The monoisotopic (exact) mass is 267 g/mol. The van der Waals surface area contributed by atoms with Crippen LogP contribution in [0.25, 0.3) is 22.1 Å². The lowest BCUT2D eigenvalue weighted by Crippen LogP contribution is -1.99. The molecule has 0 unspecified atom stereocenters. The Balaban J connectivity index is 2.14. The fourth-order valence-corrected chi connectivity index (χ4v) is 2.02. The summed E-state index contributed by atoms with van der Waals surface area (Å²) < 4.78 is 5.25. The van der Waals surface area contributed by atoms with Crippen molar-refractivity contribution in [2.24, 2.45) is 0 Å². The molecule has 3 rings (SSSR count). The summed E-state index contributed by atoms with van der Waals surface area (Å²) >= 11 is 0. The topological polar surface area (TPSA) is 73.3 Å². The Labute approximate surface area is 113 Å². The van der Waals surface area contributed by atoms with E-state index in [9.17, 15) is 14.9 Å². The van der Waals surface area contributed by atoms with E-state index in [-0.39, 0.29) is 5.69 Å². The van der Waals surface area contributed by atoms with Gasteiger partial charge in [-0.2, -0.15) is 0 Å². The maximum absolute atomic E-state index is 11.9. The Morgan fingerprint density at radius 3 is 2.40 bits per heavy atom. The van der Waals surface area contributed by atoms with Crippen molar-refractivity contribution in [3.63, 3.8) is 0 Å². The predicted octanol–water partition coefficient (Wildman–Crippen LogP) is 3.37. The highest BCUT2D eigenvalue weighted by Crippen LogP contribution is 2.24. The van der Waals surface area contributed by atoms with Crippen LogP contribution in [0.1, 0.15) is 0 Å². The molecule has 0 atom stereocenters. The lowest BCUT2D eigenvalue weighted by molar-refractivity contribution is -0.384. The van der Waals surface area contributed by atoms with Gasteiger partial charge >= 0.3 is 5.63 Å². The molecule has 5 heteroatoms. The second-order valence-electron chi connectivity index (χ2n) is 4.29. The van der Waals surface area contributed by atoms with Crippen molar-refractivity contribution in [1.29, 1.82) is 0 Å². The molecule has 2 aromatic carbocycles. The molecule has 0 saturated carbocycles. The van der Waals surface area contributed by atoms with E-state index >= 15 is 0 Å². The smallest absolute Gasteiger partial charge is 0.344 e. The van der Waals surface area contributed by atoms with E-state index in [1.807, 2.05) is 12.1 Å². The summed E-state index contributed by atoms with van der Waals surface area (Å²) in [5, 5.41) is 11.9. The first-order valence-corrected chi connectivity index (χ1v) is 5.93. The van der Waals surface area contributed by atoms with Crippen molar-refractivity contribution >= 4 is 16.5 Å². The van der Waals surface area contributed by atoms with E-state index in [1.54, 1.807) is 30.3 Å². The normalized spacial score (nSPS) is 10.6. The third-order valence-electron chi connectivity index (χ3n) is 3.03. The number of nitro groups is 1. The quantitative estimate of drug-likeness (QED) is 0.527. The molecular formula is C15H9NO4. The van der Waals surface area contributed by atoms with E-state index in [2.05, 4.69) is 0 Å². The maximum Gasteiger partial charge on any atom is 0.344 e. The van der Waals surface area contributed by atoms with Gasteiger partial charge in [0.1, 0.15) is 5.76 Å². The second-order valence-corrected chi connectivity index (χ2v) is 4.29. The van der Waals surface area contributed by atoms with Crippen LogP contribution < -0.4 is 5.63 Å². The number of nitro benzene ring substituents is 1. The molecule has 3 aromatic rings. The van der Waals surface area contributed by atoms with Gasteiger partial charge in [-0.3, -0.25) is 10.1 Å². The standard InChI is InChI=1S/C15H9NO4/c17-15-13-4-2-1-3-11(13)9-14(20-15)10-5-7-12(8-6-10)16(18)19/h1-9H. The molecule has 0 N–H and O–H groups in total. The highest BCUT2D eigenvalue weighted by Gasteiger charge is 2.09. The van der Waals surface area contributed by atoms with Crippen LogP contribution in [0.5, 0.6) is 0 Å². The number of benzene rings is 2. The summed E-state index contributed by atoms with van der Waals surface area (Å²) in [7, 11) is 0. The van der Waals surface area contributed by atoms with Crippen LogP contribution in [0.3, 0.4) is 0 Å². The molecule has 0 aliphatic rings. The predicted molar refractivity (Wildman–Crippen MR) is 74.6 cm³/mol. The molecule has 0 fully saturated rings. The minimum atomic E-state index is -0.472. The van der Waals surface area contributed by atoms with E-state index in [0.717, 1.165) is 5.39 Å². The van der Waals surface area contributed by atoms with Gasteiger partial charge in [0.2, 0.25) is 0 Å². The first-order chi connectivity index (χ1) is 9.65. The maximum atomic E-state index is 11.9. The Kier molecular flexibility index (Phi) is 2.80. The molecule has 1 heterocycles. The van der Waals surface area contributed by atoms with E-state index in [0.29, 0.717) is 16.7 Å². The Hall–Kier alpha value is -2.95. The molecule has 5 nitrogen and oxygen atoms in total. The van der Waals surface area contributed by atoms with E-state index in [4.69, 9.17) is 4.42 Å². The highest BCUT2D eigenvalue weighted by atomic mass is 16.6. The summed E-state index contributed by atoms with van der Waals surface area (Å²) in [6, 6.07) is 14.7. The van der Waals surface area contributed by atoms with Crippen molar-refractivity contribution in [2.45, 2.75) is 0 Å². The van der Waals surface area contributed by atoms with Gasteiger partial charge in [-0.25, -0.2) is 4.79 Å². The van der Waals surface area contributed by atoms with Gasteiger partial charge in [0.15, 0.2) is 0 Å². The fourth-order valence-electron chi connectivity index (χ4n) is 2.02. The number of hydrogen-bond acceptors (Lipinski definition) is 4. The molecule has 0 aliphatic carbocycles. The van der Waals surface area contributed by atoms with E-state index < -0.39 is 10.5 Å². The molecule has 0 saturated heterocycles. The molecule has 0 radical (unpaired) electrons. The zero-order chi connectivity index (χ0) is 14.1. The van der Waals surface area contributed by atoms with Crippen molar-refractivity contribution in [1.82, 2.24) is 0 Å². The molecule has 1 aromatic heterocycles. The number of hydrogen-bond donors (Lipinski definition) is 0. The van der Waals surface area contributed by atoms with Crippen LogP contribution in [0.15, 0.2) is 63.8 Å². The summed E-state index contributed by atoms with van der Waals surface area (Å²) in [5.74, 6) is 0.392. The number of rotatable bonds is 2.